The van der Waals surface area contributed by atoms with Gasteiger partial charge in [0.15, 0.2) is 5.15 Å². The SMILES string of the molecule is COC(=O)N[C@H](C(=O)N1C[C@H](C)C[C@H]1c1nc(Cl)c(C#Cc2ccc3cc(-c4nc([C@@H]5C[C@H]6CC6N5C(=O)[C@@H](NC(=O)OC)C(C)C)[nH]c4Cl)ccc3c2)[nH]1)C(C)C. The Balaban J connectivity index is 1.07. The molecule has 1 aliphatic carbocycles. The highest BCUT2D eigenvalue weighted by atomic mass is 35.5. The molecule has 2 aromatic heterocycles. The number of ether oxygens (including phenoxy) is 2. The van der Waals surface area contributed by atoms with Crippen LogP contribution in [-0.2, 0) is 19.1 Å². The largest absolute Gasteiger partial charge is 0.453 e. The van der Waals surface area contributed by atoms with Gasteiger partial charge in [0, 0.05) is 23.7 Å². The topological polar surface area (TPSA) is 175 Å². The predicted octanol–water partition coefficient (Wildman–Crippen LogP) is 6.99. The number of fused-ring (bicyclic) bond motifs is 2. The van der Waals surface area contributed by atoms with Crippen molar-refractivity contribution in [2.75, 3.05) is 20.8 Å². The molecule has 3 fully saturated rings. The molecule has 7 rings (SSSR count). The van der Waals surface area contributed by atoms with E-state index in [9.17, 15) is 19.2 Å². The number of nitrogens with one attached hydrogen (secondary N) is 4. The van der Waals surface area contributed by atoms with Crippen LogP contribution in [0.5, 0.6) is 0 Å². The number of H-pyrrole nitrogens is 2. The first-order valence-electron chi connectivity index (χ1n) is 19.6. The van der Waals surface area contributed by atoms with Crippen molar-refractivity contribution in [2.24, 2.45) is 23.7 Å². The molecule has 2 saturated heterocycles. The van der Waals surface area contributed by atoms with Crippen molar-refractivity contribution in [1.82, 2.24) is 40.4 Å². The quantitative estimate of drug-likeness (QED) is 0.131. The van der Waals surface area contributed by atoms with Crippen molar-refractivity contribution in [2.45, 2.75) is 84.1 Å². The van der Waals surface area contributed by atoms with Gasteiger partial charge in [0.1, 0.15) is 40.3 Å². The second kappa shape index (κ2) is 16.5. The summed E-state index contributed by atoms with van der Waals surface area (Å²) in [4.78, 5) is 71.2. The van der Waals surface area contributed by atoms with Crippen LogP contribution in [0.1, 0.15) is 88.9 Å². The smallest absolute Gasteiger partial charge is 0.407 e. The number of amides is 4. The van der Waals surface area contributed by atoms with Gasteiger partial charge in [0.25, 0.3) is 0 Å². The highest BCUT2D eigenvalue weighted by Crippen LogP contribution is 2.54. The van der Waals surface area contributed by atoms with Gasteiger partial charge < -0.3 is 39.9 Å². The van der Waals surface area contributed by atoms with Gasteiger partial charge in [-0.3, -0.25) is 9.59 Å². The lowest BCUT2D eigenvalue weighted by atomic mass is 10.0. The molecule has 0 spiro atoms. The summed E-state index contributed by atoms with van der Waals surface area (Å²) in [7, 11) is 2.55. The molecule has 4 heterocycles. The van der Waals surface area contributed by atoms with Crippen LogP contribution in [0.4, 0.5) is 9.59 Å². The van der Waals surface area contributed by atoms with E-state index < -0.39 is 24.3 Å². The number of piperidine rings is 1. The van der Waals surface area contributed by atoms with E-state index in [4.69, 9.17) is 37.7 Å². The summed E-state index contributed by atoms with van der Waals surface area (Å²) in [5.41, 5.74) is 2.61. The number of aromatic amines is 2. The minimum atomic E-state index is -0.755. The number of rotatable bonds is 9. The van der Waals surface area contributed by atoms with Crippen LogP contribution < -0.4 is 10.6 Å². The van der Waals surface area contributed by atoms with E-state index in [1.54, 1.807) is 4.90 Å². The van der Waals surface area contributed by atoms with Gasteiger partial charge in [0.05, 0.1) is 26.3 Å². The summed E-state index contributed by atoms with van der Waals surface area (Å²) in [6.45, 7) is 10.1. The van der Waals surface area contributed by atoms with Gasteiger partial charge >= 0.3 is 12.2 Å². The Labute approximate surface area is 347 Å². The van der Waals surface area contributed by atoms with Crippen molar-refractivity contribution in [3.8, 4) is 23.1 Å². The maximum absolute atomic E-state index is 13.8. The van der Waals surface area contributed by atoms with Crippen LogP contribution in [-0.4, -0.2) is 92.6 Å². The highest BCUT2D eigenvalue weighted by molar-refractivity contribution is 6.32. The molecule has 1 unspecified atom stereocenters. The molecule has 4 aromatic rings. The average molecular weight is 832 g/mol. The van der Waals surface area contributed by atoms with Crippen molar-refractivity contribution in [1.29, 1.82) is 0 Å². The number of nitrogens with zero attached hydrogens (tertiary/aromatic N) is 4. The van der Waals surface area contributed by atoms with Crippen molar-refractivity contribution in [3.05, 3.63) is 69.6 Å². The number of hydrogen-bond donors (Lipinski definition) is 4. The minimum absolute atomic E-state index is 0.104. The Bertz CT molecular complexity index is 2310. The number of aromatic nitrogens is 4. The fraction of sp³-hybridized carbons (Fsp3) is 0.476. The fourth-order valence-electron chi connectivity index (χ4n) is 8.24. The molecule has 14 nitrogen and oxygen atoms in total. The number of alkyl carbamates (subject to hydrolysis) is 2. The Morgan fingerprint density at radius 2 is 1.45 bits per heavy atom. The van der Waals surface area contributed by atoms with Crippen molar-refractivity contribution < 1.29 is 28.7 Å². The van der Waals surface area contributed by atoms with E-state index in [0.717, 1.165) is 34.7 Å². The number of carbonyl (C=O) groups excluding carboxylic acids is 4. The van der Waals surface area contributed by atoms with Crippen LogP contribution in [0.3, 0.4) is 0 Å². The van der Waals surface area contributed by atoms with Gasteiger partial charge in [-0.25, -0.2) is 19.6 Å². The number of benzene rings is 2. The molecule has 0 radical (unpaired) electrons. The average Bonchev–Trinajstić information content (AvgIpc) is 3.51. The molecule has 306 valence electrons. The summed E-state index contributed by atoms with van der Waals surface area (Å²) < 4.78 is 9.55. The third kappa shape index (κ3) is 8.20. The lowest BCUT2D eigenvalue weighted by Gasteiger charge is -2.31. The molecular weight excluding hydrogens is 783 g/mol. The molecule has 2 aromatic carbocycles. The number of halogens is 2. The molecule has 1 saturated carbocycles. The van der Waals surface area contributed by atoms with Gasteiger partial charge in [0.2, 0.25) is 11.8 Å². The lowest BCUT2D eigenvalue weighted by Crippen LogP contribution is -2.52. The molecular formula is C42H48Cl2N8O6. The fourth-order valence-corrected chi connectivity index (χ4v) is 8.67. The minimum Gasteiger partial charge on any atom is -0.453 e. The molecule has 58 heavy (non-hydrogen) atoms. The predicted molar refractivity (Wildman–Crippen MR) is 219 cm³/mol. The number of hydrogen-bond acceptors (Lipinski definition) is 8. The number of likely N-dealkylation sites (tertiary alicyclic amines) is 2. The summed E-state index contributed by atoms with van der Waals surface area (Å²) in [5.74, 6) is 7.40. The van der Waals surface area contributed by atoms with E-state index >= 15 is 0 Å². The van der Waals surface area contributed by atoms with Crippen LogP contribution in [0, 0.1) is 35.5 Å². The first-order valence-corrected chi connectivity index (χ1v) is 20.3. The summed E-state index contributed by atoms with van der Waals surface area (Å²) in [6.07, 6.45) is 1.07. The summed E-state index contributed by atoms with van der Waals surface area (Å²) in [5, 5.41) is 7.89. The first-order chi connectivity index (χ1) is 27.7. The van der Waals surface area contributed by atoms with E-state index in [1.807, 2.05) is 69.0 Å². The Hall–Kier alpha value is -5.26. The lowest BCUT2D eigenvalue weighted by molar-refractivity contribution is -0.137. The van der Waals surface area contributed by atoms with Gasteiger partial charge in [-0.2, -0.15) is 0 Å². The highest BCUT2D eigenvalue weighted by Gasteiger charge is 2.56. The van der Waals surface area contributed by atoms with Crippen LogP contribution in [0.2, 0.25) is 10.3 Å². The second-order valence-corrected chi connectivity index (χ2v) is 17.0. The van der Waals surface area contributed by atoms with E-state index in [-0.39, 0.29) is 52.8 Å². The van der Waals surface area contributed by atoms with Crippen molar-refractivity contribution in [3.63, 3.8) is 0 Å². The standard InChI is InChI=1S/C42H48Cl2N8O6/c1-20(2)32(47-41(55)57-6)39(53)51-19-22(5)14-30(51)37-45-28(35(43)49-37)13-9-23-8-10-25-16-26(12-11-24(25)15-23)34-36(44)50-38(46-34)31-18-27-17-29(27)52(31)40(54)33(21(3)4)48-42(56)58-7/h8,10-12,15-16,20-22,27,29-33H,14,17-19H2,1-7H3,(H,45,49)(H,46,50)(H,47,55)(H,48,56)/t22-,27-,29?,30+,31+,32+,33+/m1/s1. The van der Waals surface area contributed by atoms with Crippen LogP contribution >= 0.6 is 23.2 Å². The maximum atomic E-state index is 13.8. The summed E-state index contributed by atoms with van der Waals surface area (Å²) >= 11 is 13.4. The number of imidazole rings is 2. The molecule has 4 N–H and O–H groups in total. The van der Waals surface area contributed by atoms with Crippen molar-refractivity contribution >= 4 is 58.0 Å². The maximum Gasteiger partial charge on any atom is 0.407 e. The Morgan fingerprint density at radius 3 is 2.12 bits per heavy atom. The van der Waals surface area contributed by atoms with Crippen LogP contribution in [0.25, 0.3) is 22.0 Å². The van der Waals surface area contributed by atoms with Gasteiger partial charge in [-0.05, 0) is 77.8 Å². The van der Waals surface area contributed by atoms with Gasteiger partial charge in [-0.1, -0.05) is 81.9 Å². The molecule has 3 aliphatic rings. The molecule has 4 amide bonds. The van der Waals surface area contributed by atoms with Crippen LogP contribution in [0.15, 0.2) is 36.4 Å². The molecule has 0 bridgehead atoms. The second-order valence-electron chi connectivity index (χ2n) is 16.2. The zero-order valence-corrected chi connectivity index (χ0v) is 35.0. The van der Waals surface area contributed by atoms with E-state index in [1.165, 1.54) is 14.2 Å². The first kappa shape index (κ1) is 40.9. The number of carbonyl (C=O) groups is 4. The third-order valence-corrected chi connectivity index (χ3v) is 11.9. The number of methoxy groups -OCH3 is 2. The normalized spacial score (nSPS) is 22.0. The monoisotopic (exact) mass is 830 g/mol. The Morgan fingerprint density at radius 1 is 0.810 bits per heavy atom. The molecule has 16 heteroatoms. The zero-order valence-electron chi connectivity index (χ0n) is 33.5. The Kier molecular flexibility index (Phi) is 11.7. The van der Waals surface area contributed by atoms with E-state index in [2.05, 4.69) is 44.4 Å². The molecule has 7 atom stereocenters. The molecule has 2 aliphatic heterocycles. The third-order valence-electron chi connectivity index (χ3n) is 11.4. The summed E-state index contributed by atoms with van der Waals surface area (Å²) in [6, 6.07) is 9.81. The van der Waals surface area contributed by atoms with E-state index in [0.29, 0.717) is 47.1 Å². The zero-order chi connectivity index (χ0) is 41.6. The van der Waals surface area contributed by atoms with Gasteiger partial charge in [-0.15, -0.1) is 0 Å².